The van der Waals surface area contributed by atoms with Gasteiger partial charge in [-0.1, -0.05) is 0 Å². The van der Waals surface area contributed by atoms with Crippen LogP contribution in [0.15, 0.2) is 4.99 Å². The Bertz CT molecular complexity index is 749. The van der Waals surface area contributed by atoms with Gasteiger partial charge in [0.05, 0.1) is 18.4 Å². The molecule has 1 fully saturated rings. The Morgan fingerprint density at radius 1 is 1.19 bits per heavy atom. The van der Waals surface area contributed by atoms with Gasteiger partial charge in [0.15, 0.2) is 5.96 Å². The topological polar surface area (TPSA) is 121 Å². The number of nitrogens with zero attached hydrogens (tertiary/aromatic N) is 2. The minimum Gasteiger partial charge on any atom is -0.444 e. The highest BCUT2D eigenvalue weighted by Gasteiger charge is 2.49. The van der Waals surface area contributed by atoms with E-state index in [-0.39, 0.29) is 36.1 Å². The van der Waals surface area contributed by atoms with Crippen LogP contribution in [0.4, 0.5) is 4.79 Å². The lowest BCUT2D eigenvalue weighted by molar-refractivity contribution is -0.0755. The maximum Gasteiger partial charge on any atom is 0.412 e. The van der Waals surface area contributed by atoms with Crippen LogP contribution in [-0.2, 0) is 19.5 Å². The van der Waals surface area contributed by atoms with Crippen LogP contribution in [0.25, 0.3) is 0 Å². The first-order valence-corrected chi connectivity index (χ1v) is 11.9. The van der Waals surface area contributed by atoms with Gasteiger partial charge in [0.25, 0.3) is 0 Å². The second kappa shape index (κ2) is 10.8. The van der Waals surface area contributed by atoms with Crippen LogP contribution in [-0.4, -0.2) is 80.8 Å². The number of hydrogen-bond donors (Lipinski definition) is 3. The first-order chi connectivity index (χ1) is 13.4. The third-order valence-electron chi connectivity index (χ3n) is 4.38. The number of hydrogen-bond acceptors (Lipinski definition) is 6. The molecule has 12 heteroatoms. The highest BCUT2D eigenvalue weighted by molar-refractivity contribution is 14.0. The van der Waals surface area contributed by atoms with Gasteiger partial charge < -0.3 is 20.1 Å². The zero-order chi connectivity index (χ0) is 23.5. The maximum absolute atomic E-state index is 12.8. The van der Waals surface area contributed by atoms with Gasteiger partial charge in [-0.3, -0.25) is 9.89 Å². The van der Waals surface area contributed by atoms with Gasteiger partial charge in [0.2, 0.25) is 10.0 Å². The van der Waals surface area contributed by atoms with Crippen molar-refractivity contribution in [3.8, 4) is 0 Å². The molecule has 0 bridgehead atoms. The third kappa shape index (κ3) is 10.1. The molecule has 10 nitrogen and oxygen atoms in total. The van der Waals surface area contributed by atoms with Gasteiger partial charge in [0, 0.05) is 25.7 Å². The average molecular weight is 578 g/mol. The summed E-state index contributed by atoms with van der Waals surface area (Å²) >= 11 is 0. The van der Waals surface area contributed by atoms with Gasteiger partial charge in [-0.05, 0) is 55.4 Å². The molecule has 0 aromatic carbocycles. The Kier molecular flexibility index (Phi) is 10.5. The van der Waals surface area contributed by atoms with Crippen molar-refractivity contribution in [2.75, 3.05) is 26.4 Å². The van der Waals surface area contributed by atoms with E-state index < -0.39 is 33.0 Å². The van der Waals surface area contributed by atoms with E-state index in [1.165, 1.54) is 0 Å². The molecule has 184 valence electrons. The Morgan fingerprint density at radius 3 is 2.19 bits per heavy atom. The maximum atomic E-state index is 12.8. The molecule has 0 spiro atoms. The van der Waals surface area contributed by atoms with Crippen molar-refractivity contribution in [1.29, 1.82) is 0 Å². The van der Waals surface area contributed by atoms with Crippen molar-refractivity contribution in [3.63, 3.8) is 0 Å². The first-order valence-electron chi connectivity index (χ1n) is 10.0. The minimum absolute atomic E-state index is 0. The standard InChI is InChI=1S/C19H39N5O5S.HI/c1-13-14(24(19(7,8)28-13)16(25)29-17(2,3)4)11-21-15(20-9)22-12-18(5,6)23-30(10,26)27;/h13-14,23H,11-12H2,1-10H3,(H2,20,21,22);1H. The number of sulfonamides is 1. The Balaban J connectivity index is 0.00000900. The smallest absolute Gasteiger partial charge is 0.412 e. The van der Waals surface area contributed by atoms with Crippen LogP contribution in [0.2, 0.25) is 0 Å². The molecule has 31 heavy (non-hydrogen) atoms. The molecule has 1 rings (SSSR count). The van der Waals surface area contributed by atoms with E-state index >= 15 is 0 Å². The van der Waals surface area contributed by atoms with Crippen LogP contribution >= 0.6 is 24.0 Å². The van der Waals surface area contributed by atoms with Crippen molar-refractivity contribution in [2.24, 2.45) is 4.99 Å². The highest BCUT2D eigenvalue weighted by Crippen LogP contribution is 2.33. The highest BCUT2D eigenvalue weighted by atomic mass is 127. The molecule has 2 unspecified atom stereocenters. The molecular weight excluding hydrogens is 537 g/mol. The van der Waals surface area contributed by atoms with Crippen molar-refractivity contribution < 1.29 is 22.7 Å². The fourth-order valence-electron chi connectivity index (χ4n) is 3.39. The Morgan fingerprint density at radius 2 is 1.74 bits per heavy atom. The Hall–Kier alpha value is -0.860. The van der Waals surface area contributed by atoms with Crippen molar-refractivity contribution in [2.45, 2.75) is 84.4 Å². The van der Waals surface area contributed by atoms with Crippen LogP contribution in [0.5, 0.6) is 0 Å². The molecule has 2 atom stereocenters. The summed E-state index contributed by atoms with van der Waals surface area (Å²) in [5.74, 6) is 0.486. The van der Waals surface area contributed by atoms with E-state index in [0.29, 0.717) is 19.0 Å². The second-order valence-electron chi connectivity index (χ2n) is 9.75. The van der Waals surface area contributed by atoms with Crippen molar-refractivity contribution in [3.05, 3.63) is 0 Å². The second-order valence-corrected chi connectivity index (χ2v) is 11.5. The number of aliphatic imine (C=N–C) groups is 1. The lowest BCUT2D eigenvalue weighted by Gasteiger charge is -2.35. The molecule has 0 aromatic heterocycles. The molecule has 1 aliphatic heterocycles. The summed E-state index contributed by atoms with van der Waals surface area (Å²) in [6.45, 7) is 15.3. The fraction of sp³-hybridized carbons (Fsp3) is 0.895. The summed E-state index contributed by atoms with van der Waals surface area (Å²) in [5, 5.41) is 6.31. The monoisotopic (exact) mass is 577 g/mol. The number of carbonyl (C=O) groups excluding carboxylic acids is 1. The molecule has 1 saturated heterocycles. The predicted octanol–water partition coefficient (Wildman–Crippen LogP) is 1.86. The number of carbonyl (C=O) groups is 1. The van der Waals surface area contributed by atoms with Gasteiger partial charge >= 0.3 is 6.09 Å². The van der Waals surface area contributed by atoms with Crippen molar-refractivity contribution >= 4 is 46.1 Å². The number of halogens is 1. The largest absolute Gasteiger partial charge is 0.444 e. The molecule has 3 N–H and O–H groups in total. The third-order valence-corrected chi connectivity index (χ3v) is 5.30. The van der Waals surface area contributed by atoms with Gasteiger partial charge in [-0.25, -0.2) is 17.9 Å². The molecule has 0 saturated carbocycles. The summed E-state index contributed by atoms with van der Waals surface area (Å²) in [6.07, 6.45) is 0.461. The van der Waals surface area contributed by atoms with Gasteiger partial charge in [0.1, 0.15) is 11.3 Å². The quantitative estimate of drug-likeness (QED) is 0.250. The van der Waals surface area contributed by atoms with E-state index in [4.69, 9.17) is 9.47 Å². The van der Waals surface area contributed by atoms with E-state index in [1.54, 1.807) is 25.8 Å². The molecule has 0 radical (unpaired) electrons. The average Bonchev–Trinajstić information content (AvgIpc) is 2.71. The number of guanidine groups is 1. The minimum atomic E-state index is -3.34. The molecule has 0 aliphatic carbocycles. The molecular formula is C19H40IN5O5S. The SMILES string of the molecule is CN=C(NCC1C(C)OC(C)(C)N1C(=O)OC(C)(C)C)NCC(C)(C)NS(C)(=O)=O.I. The summed E-state index contributed by atoms with van der Waals surface area (Å²) in [6, 6.07) is -0.282. The zero-order valence-corrected chi connectivity index (χ0v) is 23.5. The lowest BCUT2D eigenvalue weighted by Crippen LogP contribution is -2.56. The van der Waals surface area contributed by atoms with Crippen LogP contribution in [0, 0.1) is 0 Å². The summed E-state index contributed by atoms with van der Waals surface area (Å²) in [7, 11) is -1.72. The van der Waals surface area contributed by atoms with Gasteiger partial charge in [-0.2, -0.15) is 0 Å². The van der Waals surface area contributed by atoms with Crippen LogP contribution in [0.1, 0.15) is 55.4 Å². The summed E-state index contributed by atoms with van der Waals surface area (Å²) in [5.41, 5.74) is -2.14. The van der Waals surface area contributed by atoms with Crippen LogP contribution < -0.4 is 15.4 Å². The summed E-state index contributed by atoms with van der Waals surface area (Å²) < 4.78 is 37.2. The summed E-state index contributed by atoms with van der Waals surface area (Å²) in [4.78, 5) is 18.6. The molecule has 1 aliphatic rings. The number of ether oxygens (including phenoxy) is 2. The van der Waals surface area contributed by atoms with E-state index in [2.05, 4.69) is 20.3 Å². The first kappa shape index (κ1) is 30.1. The molecule has 1 heterocycles. The molecule has 1 amide bonds. The normalized spacial score (nSPS) is 22.0. The predicted molar refractivity (Wildman–Crippen MR) is 133 cm³/mol. The zero-order valence-electron chi connectivity index (χ0n) is 20.3. The van der Waals surface area contributed by atoms with Gasteiger partial charge in [-0.15, -0.1) is 24.0 Å². The van der Waals surface area contributed by atoms with E-state index in [0.717, 1.165) is 6.26 Å². The fourth-order valence-corrected chi connectivity index (χ4v) is 4.46. The number of rotatable bonds is 6. The Labute approximate surface area is 204 Å². The number of amides is 1. The van der Waals surface area contributed by atoms with Crippen molar-refractivity contribution in [1.82, 2.24) is 20.3 Å². The van der Waals surface area contributed by atoms with Crippen LogP contribution in [0.3, 0.4) is 0 Å². The van der Waals surface area contributed by atoms with E-state index in [1.807, 2.05) is 41.5 Å². The molecule has 0 aromatic rings. The number of nitrogens with one attached hydrogen (secondary N) is 3. The lowest BCUT2D eigenvalue weighted by atomic mass is 10.1. The van der Waals surface area contributed by atoms with E-state index in [9.17, 15) is 13.2 Å².